The summed E-state index contributed by atoms with van der Waals surface area (Å²) in [6.45, 7) is 0. The predicted octanol–water partition coefficient (Wildman–Crippen LogP) is 2.22. The number of sulfonamides is 1. The summed E-state index contributed by atoms with van der Waals surface area (Å²) in [7, 11) is -4.01. The molecule has 0 aliphatic heterocycles. The first-order valence-electron chi connectivity index (χ1n) is 4.36. The molecular formula is C9H6F2N2O2S2. The molecule has 1 aromatic heterocycles. The number of hydrogen-bond acceptors (Lipinski definition) is 4. The summed E-state index contributed by atoms with van der Waals surface area (Å²) in [6.07, 6.45) is 1.41. The highest BCUT2D eigenvalue weighted by molar-refractivity contribution is 7.93. The van der Waals surface area contributed by atoms with Crippen molar-refractivity contribution in [1.82, 2.24) is 4.98 Å². The molecule has 0 radical (unpaired) electrons. The predicted molar refractivity (Wildman–Crippen MR) is 59.3 cm³/mol. The van der Waals surface area contributed by atoms with E-state index in [0.717, 1.165) is 23.5 Å². The minimum absolute atomic E-state index is 0.134. The van der Waals surface area contributed by atoms with E-state index in [0.29, 0.717) is 6.07 Å². The topological polar surface area (TPSA) is 59.1 Å². The van der Waals surface area contributed by atoms with Gasteiger partial charge in [-0.05, 0) is 12.1 Å². The molecule has 0 aliphatic carbocycles. The van der Waals surface area contributed by atoms with Crippen molar-refractivity contribution in [3.63, 3.8) is 0 Å². The van der Waals surface area contributed by atoms with Crippen LogP contribution in [0, 0.1) is 11.6 Å². The second-order valence-electron chi connectivity index (χ2n) is 3.05. The molecule has 0 bridgehead atoms. The summed E-state index contributed by atoms with van der Waals surface area (Å²) >= 11 is 1.06. The highest BCUT2D eigenvalue weighted by Crippen LogP contribution is 2.19. The molecule has 2 aromatic rings. The quantitative estimate of drug-likeness (QED) is 0.935. The van der Waals surface area contributed by atoms with Crippen molar-refractivity contribution in [2.24, 2.45) is 0 Å². The van der Waals surface area contributed by atoms with E-state index in [1.54, 1.807) is 5.38 Å². The second-order valence-corrected chi connectivity index (χ2v) is 5.62. The molecule has 2 rings (SSSR count). The number of hydrogen-bond donors (Lipinski definition) is 1. The Bertz CT molecular complexity index is 606. The lowest BCUT2D eigenvalue weighted by Crippen LogP contribution is -2.13. The van der Waals surface area contributed by atoms with Crippen LogP contribution in [0.15, 0.2) is 34.7 Å². The van der Waals surface area contributed by atoms with Crippen LogP contribution in [-0.4, -0.2) is 13.4 Å². The van der Waals surface area contributed by atoms with Gasteiger partial charge in [-0.1, -0.05) is 0 Å². The van der Waals surface area contributed by atoms with E-state index in [1.807, 2.05) is 0 Å². The number of rotatable bonds is 3. The molecule has 17 heavy (non-hydrogen) atoms. The highest BCUT2D eigenvalue weighted by Gasteiger charge is 2.17. The molecule has 0 aliphatic rings. The van der Waals surface area contributed by atoms with E-state index < -0.39 is 26.6 Å². The van der Waals surface area contributed by atoms with Gasteiger partial charge in [-0.2, -0.15) is 0 Å². The minimum Gasteiger partial charge on any atom is -0.255 e. The molecule has 8 heteroatoms. The van der Waals surface area contributed by atoms with Crippen LogP contribution in [0.5, 0.6) is 0 Å². The molecule has 0 saturated carbocycles. The summed E-state index contributed by atoms with van der Waals surface area (Å²) in [4.78, 5) is 3.23. The van der Waals surface area contributed by atoms with Crippen LogP contribution in [0.3, 0.4) is 0 Å². The minimum atomic E-state index is -4.01. The van der Waals surface area contributed by atoms with Gasteiger partial charge in [-0.15, -0.1) is 11.3 Å². The van der Waals surface area contributed by atoms with Gasteiger partial charge in [0.15, 0.2) is 5.13 Å². The van der Waals surface area contributed by atoms with Crippen molar-refractivity contribution in [2.75, 3.05) is 4.72 Å². The van der Waals surface area contributed by atoms with Crippen LogP contribution in [0.25, 0.3) is 0 Å². The third-order valence-electron chi connectivity index (χ3n) is 1.80. The van der Waals surface area contributed by atoms with Crippen LogP contribution < -0.4 is 4.72 Å². The van der Waals surface area contributed by atoms with Crippen LogP contribution >= 0.6 is 11.3 Å². The Morgan fingerprint density at radius 1 is 1.18 bits per heavy atom. The van der Waals surface area contributed by atoms with E-state index in [9.17, 15) is 17.2 Å². The van der Waals surface area contributed by atoms with Gasteiger partial charge < -0.3 is 0 Å². The second kappa shape index (κ2) is 4.38. The lowest BCUT2D eigenvalue weighted by molar-refractivity contribution is 0.568. The lowest BCUT2D eigenvalue weighted by atomic mass is 10.3. The number of nitrogens with one attached hydrogen (secondary N) is 1. The smallest absolute Gasteiger partial charge is 0.255 e. The molecule has 1 heterocycles. The van der Waals surface area contributed by atoms with Crippen molar-refractivity contribution >= 4 is 26.5 Å². The van der Waals surface area contributed by atoms with Gasteiger partial charge in [0.1, 0.15) is 11.6 Å². The molecule has 0 atom stereocenters. The molecule has 1 N–H and O–H groups in total. The van der Waals surface area contributed by atoms with E-state index in [4.69, 9.17) is 0 Å². The van der Waals surface area contributed by atoms with Gasteiger partial charge in [0.2, 0.25) is 0 Å². The molecule has 0 saturated heterocycles. The van der Waals surface area contributed by atoms with Crippen LogP contribution in [0.4, 0.5) is 13.9 Å². The number of thiazole rings is 1. The van der Waals surface area contributed by atoms with Gasteiger partial charge in [0, 0.05) is 17.6 Å². The van der Waals surface area contributed by atoms with Crippen molar-refractivity contribution in [2.45, 2.75) is 4.90 Å². The fourth-order valence-electron chi connectivity index (χ4n) is 1.13. The first-order chi connectivity index (χ1) is 7.97. The van der Waals surface area contributed by atoms with Gasteiger partial charge in [0.25, 0.3) is 10.0 Å². The number of anilines is 1. The molecule has 1 aromatic carbocycles. The monoisotopic (exact) mass is 276 g/mol. The van der Waals surface area contributed by atoms with Crippen molar-refractivity contribution < 1.29 is 17.2 Å². The highest BCUT2D eigenvalue weighted by atomic mass is 32.2. The summed E-state index contributed by atoms with van der Waals surface area (Å²) in [6, 6.07) is 2.07. The first kappa shape index (κ1) is 11.9. The third-order valence-corrected chi connectivity index (χ3v) is 3.94. The average molecular weight is 276 g/mol. The van der Waals surface area contributed by atoms with Gasteiger partial charge >= 0.3 is 0 Å². The van der Waals surface area contributed by atoms with Crippen molar-refractivity contribution in [1.29, 1.82) is 0 Å². The van der Waals surface area contributed by atoms with E-state index in [-0.39, 0.29) is 5.13 Å². The van der Waals surface area contributed by atoms with Crippen LogP contribution in [0.1, 0.15) is 0 Å². The van der Waals surface area contributed by atoms with Crippen LogP contribution in [-0.2, 0) is 10.0 Å². The largest absolute Gasteiger partial charge is 0.263 e. The van der Waals surface area contributed by atoms with Gasteiger partial charge in [-0.3, -0.25) is 4.72 Å². The SMILES string of the molecule is O=S(=O)(Nc1nccs1)c1cc(F)cc(F)c1. The number of benzene rings is 1. The zero-order valence-corrected chi connectivity index (χ0v) is 9.86. The maximum absolute atomic E-state index is 12.9. The number of aromatic nitrogens is 1. The zero-order chi connectivity index (χ0) is 12.5. The molecule has 4 nitrogen and oxygen atoms in total. The Hall–Kier alpha value is -1.54. The van der Waals surface area contributed by atoms with E-state index >= 15 is 0 Å². The number of nitrogens with zero attached hydrogens (tertiary/aromatic N) is 1. The summed E-state index contributed by atoms with van der Waals surface area (Å²) in [5, 5.41) is 1.71. The van der Waals surface area contributed by atoms with Gasteiger partial charge in [-0.25, -0.2) is 22.2 Å². The average Bonchev–Trinajstić information content (AvgIpc) is 2.68. The Balaban J connectivity index is 2.38. The van der Waals surface area contributed by atoms with Crippen molar-refractivity contribution in [3.05, 3.63) is 41.4 Å². The Morgan fingerprint density at radius 3 is 2.35 bits per heavy atom. The number of halogens is 2. The Labute approximate surface area is 100.0 Å². The molecule has 0 fully saturated rings. The fraction of sp³-hybridized carbons (Fsp3) is 0. The first-order valence-corrected chi connectivity index (χ1v) is 6.72. The third kappa shape index (κ3) is 2.77. The maximum Gasteiger partial charge on any atom is 0.263 e. The summed E-state index contributed by atoms with van der Waals surface area (Å²) in [5.41, 5.74) is 0. The molecule has 0 unspecified atom stereocenters. The summed E-state index contributed by atoms with van der Waals surface area (Å²) in [5.74, 6) is -1.91. The lowest BCUT2D eigenvalue weighted by Gasteiger charge is -2.05. The van der Waals surface area contributed by atoms with Crippen molar-refractivity contribution in [3.8, 4) is 0 Å². The molecule has 0 spiro atoms. The normalized spacial score (nSPS) is 11.4. The standard InChI is InChI=1S/C9H6F2N2O2S2/c10-6-3-7(11)5-8(4-6)17(14,15)13-9-12-1-2-16-9/h1-5H,(H,12,13). The molecular weight excluding hydrogens is 270 g/mol. The Kier molecular flexibility index (Phi) is 3.07. The summed E-state index contributed by atoms with van der Waals surface area (Å²) < 4.78 is 51.4. The molecule has 90 valence electrons. The zero-order valence-electron chi connectivity index (χ0n) is 8.22. The van der Waals surface area contributed by atoms with E-state index in [2.05, 4.69) is 9.71 Å². The fourth-order valence-corrected chi connectivity index (χ4v) is 2.96. The molecule has 0 amide bonds. The van der Waals surface area contributed by atoms with E-state index in [1.165, 1.54) is 6.20 Å². The van der Waals surface area contributed by atoms with Crippen LogP contribution in [0.2, 0.25) is 0 Å². The van der Waals surface area contributed by atoms with Gasteiger partial charge in [0.05, 0.1) is 4.90 Å². The Morgan fingerprint density at radius 2 is 1.82 bits per heavy atom. The maximum atomic E-state index is 12.9.